The zero-order chi connectivity index (χ0) is 18.9. The third-order valence-electron chi connectivity index (χ3n) is 3.67. The monoisotopic (exact) mass is 383 g/mol. The van der Waals surface area contributed by atoms with E-state index < -0.39 is 16.6 Å². The van der Waals surface area contributed by atoms with E-state index in [0.717, 1.165) is 11.2 Å². The number of imidazole rings is 1. The van der Waals surface area contributed by atoms with Crippen molar-refractivity contribution in [2.45, 2.75) is 39.3 Å². The lowest BCUT2D eigenvalue weighted by atomic mass is 10.2. The van der Waals surface area contributed by atoms with Gasteiger partial charge < -0.3 is 8.66 Å². The third-order valence-corrected chi connectivity index (χ3v) is 6.25. The van der Waals surface area contributed by atoms with Crippen molar-refractivity contribution in [1.82, 2.24) is 19.2 Å². The molecule has 0 radical (unpaired) electrons. The molecule has 0 atom stereocenters. The van der Waals surface area contributed by atoms with Crippen molar-refractivity contribution < 1.29 is 4.43 Å². The predicted molar refractivity (Wildman–Crippen MR) is 111 cm³/mol. The highest BCUT2D eigenvalue weighted by molar-refractivity contribution is 6.75. The van der Waals surface area contributed by atoms with Crippen LogP contribution in [0, 0.1) is 0 Å². The van der Waals surface area contributed by atoms with Gasteiger partial charge in [-0.3, -0.25) is 0 Å². The van der Waals surface area contributed by atoms with Crippen LogP contribution in [0.4, 0.5) is 5.82 Å². The van der Waals surface area contributed by atoms with Crippen molar-refractivity contribution in [3.63, 3.8) is 0 Å². The van der Waals surface area contributed by atoms with E-state index in [1.165, 1.54) is 0 Å². The molecule has 0 saturated heterocycles. The summed E-state index contributed by atoms with van der Waals surface area (Å²) < 4.78 is 8.42. The smallest absolute Gasteiger partial charge is 0.244 e. The van der Waals surface area contributed by atoms with Gasteiger partial charge in [-0.1, -0.05) is 37.8 Å². The van der Waals surface area contributed by atoms with E-state index in [0.29, 0.717) is 17.2 Å². The lowest BCUT2D eigenvalue weighted by Crippen LogP contribution is -2.31. The Balaban J connectivity index is 2.15. The van der Waals surface area contributed by atoms with E-state index in [1.807, 2.05) is 36.7 Å². The van der Waals surface area contributed by atoms with Crippen LogP contribution in [0.15, 0.2) is 48.0 Å². The predicted octanol–water partition coefficient (Wildman–Crippen LogP) is 4.44. The maximum atomic E-state index is 6.25. The molecule has 0 fully saturated rings. The average molecular weight is 384 g/mol. The largest absolute Gasteiger partial charge is 0.531 e. The Hall–Kier alpha value is -2.33. The molecule has 136 valence electrons. The van der Waals surface area contributed by atoms with Crippen LogP contribution < -0.4 is 0 Å². The van der Waals surface area contributed by atoms with Crippen molar-refractivity contribution in [2.75, 3.05) is 0 Å². The first-order valence-electron chi connectivity index (χ1n) is 8.67. The normalized spacial score (nSPS) is 13.2. The molecule has 0 bridgehead atoms. The van der Waals surface area contributed by atoms with Gasteiger partial charge in [-0.2, -0.15) is 4.99 Å². The summed E-state index contributed by atoms with van der Waals surface area (Å²) in [6, 6.07) is 9.94. The quantitative estimate of drug-likeness (QED) is 0.379. The van der Waals surface area contributed by atoms with Crippen LogP contribution in [0.3, 0.4) is 0 Å². The van der Waals surface area contributed by atoms with E-state index in [4.69, 9.17) is 9.42 Å². The fraction of sp³-hybridized carbons (Fsp3) is 0.333. The molecule has 3 aromatic rings. The molecule has 2 aromatic heterocycles. The molecule has 6 nitrogen and oxygen atoms in total. The van der Waals surface area contributed by atoms with Gasteiger partial charge in [-0.15, -0.1) is 0 Å². The summed E-state index contributed by atoms with van der Waals surface area (Å²) >= 11 is 0. The third kappa shape index (κ3) is 4.08. The van der Waals surface area contributed by atoms with Gasteiger partial charge in [0.2, 0.25) is 14.2 Å². The Morgan fingerprint density at radius 2 is 1.65 bits per heavy atom. The van der Waals surface area contributed by atoms with Gasteiger partial charge in [-0.25, -0.2) is 15.0 Å². The lowest BCUT2D eigenvalue weighted by Gasteiger charge is -2.21. The molecule has 0 aliphatic rings. The van der Waals surface area contributed by atoms with Crippen LogP contribution in [0.25, 0.3) is 11.2 Å². The highest BCUT2D eigenvalue weighted by atomic mass is 28.4. The number of nitrogens with zero attached hydrogens (tertiary/aromatic N) is 5. The van der Waals surface area contributed by atoms with E-state index in [-0.39, 0.29) is 0 Å². The van der Waals surface area contributed by atoms with Gasteiger partial charge in [0.25, 0.3) is 0 Å². The summed E-state index contributed by atoms with van der Waals surface area (Å²) in [7, 11) is -3.46. The molecular formula is C18H25N5OSi2. The standard InChI is InChI=1S/C18H25N5OSi2/c1-25(2,3)23-13-21-15-16(19-12-20-17(15)23)22-18(24-26(4,5)6)14-10-8-7-9-11-14/h7-13H,1-6H3/b22-18+. The molecule has 0 aliphatic heterocycles. The summed E-state index contributed by atoms with van der Waals surface area (Å²) in [5.74, 6) is 1.14. The Bertz CT molecular complexity index is 940. The maximum absolute atomic E-state index is 6.25. The minimum absolute atomic E-state index is 0.545. The second-order valence-electron chi connectivity index (χ2n) is 8.15. The van der Waals surface area contributed by atoms with Crippen LogP contribution in [-0.4, -0.2) is 41.6 Å². The first-order valence-corrected chi connectivity index (χ1v) is 15.5. The molecule has 2 heterocycles. The molecule has 26 heavy (non-hydrogen) atoms. The van der Waals surface area contributed by atoms with Crippen LogP contribution in [0.2, 0.25) is 39.3 Å². The van der Waals surface area contributed by atoms with Gasteiger partial charge in [0.05, 0.1) is 6.33 Å². The van der Waals surface area contributed by atoms with Crippen molar-refractivity contribution >= 4 is 39.4 Å². The van der Waals surface area contributed by atoms with E-state index in [1.54, 1.807) is 6.33 Å². The highest BCUT2D eigenvalue weighted by Gasteiger charge is 2.23. The summed E-state index contributed by atoms with van der Waals surface area (Å²) in [6.45, 7) is 13.2. The first kappa shape index (κ1) is 18.5. The molecule has 0 aliphatic carbocycles. The van der Waals surface area contributed by atoms with Gasteiger partial charge in [0, 0.05) is 5.56 Å². The molecule has 1 aromatic carbocycles. The Morgan fingerprint density at radius 1 is 0.962 bits per heavy atom. The van der Waals surface area contributed by atoms with E-state index >= 15 is 0 Å². The molecule has 0 spiro atoms. The molecule has 0 N–H and O–H groups in total. The van der Waals surface area contributed by atoms with E-state index in [2.05, 4.69) is 58.5 Å². The topological polar surface area (TPSA) is 65.2 Å². The Labute approximate surface area is 156 Å². The maximum Gasteiger partial charge on any atom is 0.244 e. The summed E-state index contributed by atoms with van der Waals surface area (Å²) in [5, 5.41) is 0. The number of fused-ring (bicyclic) bond motifs is 1. The SMILES string of the molecule is C[Si](C)(C)O/C(=N/c1ncnc2c1ncn2[Si](C)(C)C)c1ccccc1. The summed E-state index contributed by atoms with van der Waals surface area (Å²) in [5.41, 5.74) is 2.48. The van der Waals surface area contributed by atoms with Crippen LogP contribution >= 0.6 is 0 Å². The van der Waals surface area contributed by atoms with Gasteiger partial charge in [0.1, 0.15) is 6.33 Å². The van der Waals surface area contributed by atoms with Gasteiger partial charge in [0.15, 0.2) is 25.2 Å². The van der Waals surface area contributed by atoms with Crippen molar-refractivity contribution in [3.05, 3.63) is 48.5 Å². The Morgan fingerprint density at radius 3 is 2.27 bits per heavy atom. The van der Waals surface area contributed by atoms with Crippen LogP contribution in [0.5, 0.6) is 0 Å². The van der Waals surface area contributed by atoms with Gasteiger partial charge in [-0.05, 0) is 31.8 Å². The number of aromatic nitrogens is 4. The fourth-order valence-electron chi connectivity index (χ4n) is 2.51. The lowest BCUT2D eigenvalue weighted by molar-refractivity contribution is 0.553. The second kappa shape index (κ2) is 6.77. The zero-order valence-electron chi connectivity index (χ0n) is 16.2. The Kier molecular flexibility index (Phi) is 4.81. The number of benzene rings is 1. The molecule has 0 unspecified atom stereocenters. The summed E-state index contributed by atoms with van der Waals surface area (Å²) in [6.07, 6.45) is 3.41. The molecule has 0 saturated carbocycles. The minimum Gasteiger partial charge on any atom is -0.531 e. The fourth-order valence-corrected chi connectivity index (χ4v) is 4.46. The number of hydrogen-bond acceptors (Lipinski definition) is 5. The number of hydrogen-bond donors (Lipinski definition) is 0. The molecule has 8 heteroatoms. The van der Waals surface area contributed by atoms with Crippen molar-refractivity contribution in [3.8, 4) is 0 Å². The number of aliphatic imine (C=N–C) groups is 1. The van der Waals surface area contributed by atoms with Crippen LogP contribution in [-0.2, 0) is 4.43 Å². The van der Waals surface area contributed by atoms with Crippen LogP contribution in [0.1, 0.15) is 5.56 Å². The van der Waals surface area contributed by atoms with Crippen molar-refractivity contribution in [2.24, 2.45) is 4.99 Å². The number of rotatable bonds is 4. The molecular weight excluding hydrogens is 358 g/mol. The second-order valence-corrected chi connectivity index (χ2v) is 17.4. The van der Waals surface area contributed by atoms with Crippen molar-refractivity contribution in [1.29, 1.82) is 0 Å². The first-order chi connectivity index (χ1) is 12.1. The molecule has 0 amide bonds. The van der Waals surface area contributed by atoms with Gasteiger partial charge >= 0.3 is 0 Å². The van der Waals surface area contributed by atoms with E-state index in [9.17, 15) is 0 Å². The molecule has 3 rings (SSSR count). The summed E-state index contributed by atoms with van der Waals surface area (Å²) in [4.78, 5) is 18.1. The average Bonchev–Trinajstić information content (AvgIpc) is 2.99. The minimum atomic E-state index is -1.84. The highest BCUT2D eigenvalue weighted by Crippen LogP contribution is 2.24. The zero-order valence-corrected chi connectivity index (χ0v) is 18.2.